The van der Waals surface area contributed by atoms with Gasteiger partial charge in [-0.1, -0.05) is 60.7 Å². The molecule has 0 N–H and O–H groups in total. The first kappa shape index (κ1) is 17.4. The van der Waals surface area contributed by atoms with Gasteiger partial charge in [0.25, 0.3) is 0 Å². The van der Waals surface area contributed by atoms with Crippen LogP contribution in [-0.2, 0) is 15.1 Å². The topological polar surface area (TPSA) is 46.6 Å². The van der Waals surface area contributed by atoms with E-state index < -0.39 is 11.5 Å². The third-order valence-electron chi connectivity index (χ3n) is 4.89. The van der Waals surface area contributed by atoms with Gasteiger partial charge in [0, 0.05) is 32.0 Å². The molecule has 1 saturated heterocycles. The summed E-state index contributed by atoms with van der Waals surface area (Å²) in [5.74, 6) is -0.795. The molecule has 0 amide bonds. The number of Topliss-reactive ketones (excluding diaryl/α,β-unsaturated/α-hetero) is 1. The number of benzene rings is 2. The Morgan fingerprint density at radius 3 is 2.24 bits per heavy atom. The largest absolute Gasteiger partial charge is 0.453 e. The van der Waals surface area contributed by atoms with Crippen LogP contribution in [0.5, 0.6) is 0 Å². The van der Waals surface area contributed by atoms with Gasteiger partial charge in [-0.15, -0.1) is 0 Å². The number of esters is 1. The fourth-order valence-corrected chi connectivity index (χ4v) is 3.68. The van der Waals surface area contributed by atoms with Gasteiger partial charge in [-0.2, -0.15) is 0 Å². The molecule has 0 aliphatic carbocycles. The maximum absolute atomic E-state index is 13.3. The van der Waals surface area contributed by atoms with Crippen LogP contribution in [0.3, 0.4) is 0 Å². The van der Waals surface area contributed by atoms with Gasteiger partial charge in [0.1, 0.15) is 5.60 Å². The maximum atomic E-state index is 13.3. The Morgan fingerprint density at radius 1 is 1.04 bits per heavy atom. The highest BCUT2D eigenvalue weighted by molar-refractivity contribution is 5.99. The van der Waals surface area contributed by atoms with Crippen LogP contribution in [0.15, 0.2) is 60.7 Å². The second kappa shape index (κ2) is 7.19. The number of hydrogen-bond acceptors (Lipinski definition) is 4. The number of carbonyl (C=O) groups is 2. The molecule has 0 radical (unpaired) electrons. The van der Waals surface area contributed by atoms with Crippen molar-refractivity contribution in [1.29, 1.82) is 0 Å². The van der Waals surface area contributed by atoms with Crippen LogP contribution in [0.25, 0.3) is 0 Å². The zero-order valence-electron chi connectivity index (χ0n) is 14.6. The van der Waals surface area contributed by atoms with Crippen LogP contribution in [0, 0.1) is 5.92 Å². The molecule has 3 rings (SSSR count). The van der Waals surface area contributed by atoms with Gasteiger partial charge in [-0.3, -0.25) is 9.59 Å². The lowest BCUT2D eigenvalue weighted by Crippen LogP contribution is -2.54. The maximum Gasteiger partial charge on any atom is 0.303 e. The number of carbonyl (C=O) groups excluding carboxylic acids is 2. The van der Waals surface area contributed by atoms with E-state index in [4.69, 9.17) is 4.74 Å². The zero-order valence-corrected chi connectivity index (χ0v) is 14.6. The predicted molar refractivity (Wildman–Crippen MR) is 96.3 cm³/mol. The number of nitrogens with zero attached hydrogens (tertiary/aromatic N) is 1. The molecule has 2 aromatic carbocycles. The van der Waals surface area contributed by atoms with E-state index in [2.05, 4.69) is 4.90 Å². The van der Waals surface area contributed by atoms with Crippen molar-refractivity contribution in [2.24, 2.45) is 5.92 Å². The molecule has 1 aliphatic rings. The van der Waals surface area contributed by atoms with E-state index in [1.165, 1.54) is 6.92 Å². The van der Waals surface area contributed by atoms with Crippen molar-refractivity contribution in [3.05, 3.63) is 71.8 Å². The summed E-state index contributed by atoms with van der Waals surface area (Å²) < 4.78 is 5.88. The van der Waals surface area contributed by atoms with Crippen molar-refractivity contribution >= 4 is 11.8 Å². The molecular formula is C21H23NO3. The standard InChI is InChI=1S/C21H23NO3/c1-16(23)25-21(18-11-7-4-8-12-18)13-14-22(2)15-19(21)20(24)17-9-5-3-6-10-17/h3-12,19H,13-15H2,1-2H3/t19-,21-/m0/s1. The zero-order chi connectivity index (χ0) is 17.9. The Bertz CT molecular complexity index is 744. The first-order valence-corrected chi connectivity index (χ1v) is 8.56. The van der Waals surface area contributed by atoms with Crippen molar-refractivity contribution in [3.8, 4) is 0 Å². The summed E-state index contributed by atoms with van der Waals surface area (Å²) in [6.45, 7) is 2.73. The van der Waals surface area contributed by atoms with E-state index in [1.54, 1.807) is 0 Å². The average molecular weight is 337 g/mol. The second-order valence-electron chi connectivity index (χ2n) is 6.64. The van der Waals surface area contributed by atoms with Crippen molar-refractivity contribution < 1.29 is 14.3 Å². The Kier molecular flexibility index (Phi) is 5.00. The van der Waals surface area contributed by atoms with Gasteiger partial charge < -0.3 is 9.64 Å². The molecule has 0 aromatic heterocycles. The van der Waals surface area contributed by atoms with Crippen molar-refractivity contribution in [1.82, 2.24) is 4.90 Å². The highest BCUT2D eigenvalue weighted by Gasteiger charge is 2.50. The molecule has 4 nitrogen and oxygen atoms in total. The summed E-state index contributed by atoms with van der Waals surface area (Å²) in [5.41, 5.74) is 0.606. The number of ketones is 1. The third kappa shape index (κ3) is 3.49. The molecule has 1 aliphatic heterocycles. The van der Waals surface area contributed by atoms with Crippen molar-refractivity contribution in [2.75, 3.05) is 20.1 Å². The first-order valence-electron chi connectivity index (χ1n) is 8.56. The van der Waals surface area contributed by atoms with E-state index in [0.29, 0.717) is 18.5 Å². The van der Waals surface area contributed by atoms with Crippen LogP contribution >= 0.6 is 0 Å². The molecule has 0 unspecified atom stereocenters. The van der Waals surface area contributed by atoms with E-state index >= 15 is 0 Å². The van der Waals surface area contributed by atoms with E-state index in [-0.39, 0.29) is 11.8 Å². The number of ether oxygens (including phenoxy) is 1. The summed E-state index contributed by atoms with van der Waals surface area (Å²) in [4.78, 5) is 27.3. The molecule has 130 valence electrons. The van der Waals surface area contributed by atoms with Crippen molar-refractivity contribution in [3.63, 3.8) is 0 Å². The summed E-state index contributed by atoms with van der Waals surface area (Å²) in [6.07, 6.45) is 0.594. The smallest absolute Gasteiger partial charge is 0.303 e. The van der Waals surface area contributed by atoms with E-state index in [0.717, 1.165) is 12.1 Å². The second-order valence-corrected chi connectivity index (χ2v) is 6.64. The average Bonchev–Trinajstić information content (AvgIpc) is 2.64. The highest BCUT2D eigenvalue weighted by atomic mass is 16.6. The number of piperidine rings is 1. The molecular weight excluding hydrogens is 314 g/mol. The van der Waals surface area contributed by atoms with E-state index in [1.807, 2.05) is 67.7 Å². The monoisotopic (exact) mass is 337 g/mol. The Morgan fingerprint density at radius 2 is 1.64 bits per heavy atom. The molecule has 4 heteroatoms. The van der Waals surface area contributed by atoms with Crippen LogP contribution in [0.4, 0.5) is 0 Å². The summed E-state index contributed by atoms with van der Waals surface area (Å²) in [7, 11) is 1.99. The third-order valence-corrected chi connectivity index (χ3v) is 4.89. The molecule has 25 heavy (non-hydrogen) atoms. The minimum atomic E-state index is -0.924. The Balaban J connectivity index is 2.09. The molecule has 1 heterocycles. The number of rotatable bonds is 4. The minimum Gasteiger partial charge on any atom is -0.453 e. The van der Waals surface area contributed by atoms with Gasteiger partial charge in [-0.25, -0.2) is 0 Å². The molecule has 1 fully saturated rings. The summed E-state index contributed by atoms with van der Waals surface area (Å²) in [5, 5.41) is 0. The lowest BCUT2D eigenvalue weighted by Gasteiger charge is -2.45. The number of likely N-dealkylation sites (tertiary alicyclic amines) is 1. The Labute approximate surface area is 148 Å². The fraction of sp³-hybridized carbons (Fsp3) is 0.333. The molecule has 0 spiro atoms. The van der Waals surface area contributed by atoms with Crippen LogP contribution in [-0.4, -0.2) is 36.8 Å². The van der Waals surface area contributed by atoms with E-state index in [9.17, 15) is 9.59 Å². The molecule has 0 saturated carbocycles. The lowest BCUT2D eigenvalue weighted by molar-refractivity contribution is -0.169. The lowest BCUT2D eigenvalue weighted by atomic mass is 9.72. The van der Waals surface area contributed by atoms with Gasteiger partial charge in [0.15, 0.2) is 5.78 Å². The van der Waals surface area contributed by atoms with Gasteiger partial charge >= 0.3 is 5.97 Å². The van der Waals surface area contributed by atoms with Crippen LogP contribution < -0.4 is 0 Å². The Hall–Kier alpha value is -2.46. The predicted octanol–water partition coefficient (Wildman–Crippen LogP) is 3.28. The summed E-state index contributed by atoms with van der Waals surface area (Å²) >= 11 is 0. The van der Waals surface area contributed by atoms with Crippen LogP contribution in [0.2, 0.25) is 0 Å². The van der Waals surface area contributed by atoms with Crippen molar-refractivity contribution in [2.45, 2.75) is 18.9 Å². The van der Waals surface area contributed by atoms with Gasteiger partial charge in [-0.05, 0) is 12.6 Å². The molecule has 0 bridgehead atoms. The summed E-state index contributed by atoms with van der Waals surface area (Å²) in [6, 6.07) is 18.9. The molecule has 2 atom stereocenters. The SMILES string of the molecule is CC(=O)O[C@]1(c2ccccc2)CCN(C)C[C@H]1C(=O)c1ccccc1. The molecule has 2 aromatic rings. The quantitative estimate of drug-likeness (QED) is 0.634. The highest BCUT2D eigenvalue weighted by Crippen LogP contribution is 2.42. The minimum absolute atomic E-state index is 0.0113. The fourth-order valence-electron chi connectivity index (χ4n) is 3.68. The first-order chi connectivity index (χ1) is 12.0. The normalized spacial score (nSPS) is 23.8. The van der Waals surface area contributed by atoms with Gasteiger partial charge in [0.05, 0.1) is 5.92 Å². The number of hydrogen-bond donors (Lipinski definition) is 0. The van der Waals surface area contributed by atoms with Crippen LogP contribution in [0.1, 0.15) is 29.3 Å². The van der Waals surface area contributed by atoms with Gasteiger partial charge in [0.2, 0.25) is 0 Å².